The van der Waals surface area contributed by atoms with Crippen LogP contribution >= 0.6 is 0 Å². The third kappa shape index (κ3) is 2.63. The van der Waals surface area contributed by atoms with Crippen LogP contribution < -0.4 is 11.2 Å². The Bertz CT molecular complexity index is 733. The number of aromatic amines is 1. The zero-order valence-corrected chi connectivity index (χ0v) is 10.5. The molecule has 5 nitrogen and oxygen atoms in total. The molecule has 96 valence electrons. The molecule has 0 radical (unpaired) electrons. The Morgan fingerprint density at radius 2 is 1.95 bits per heavy atom. The normalized spacial score (nSPS) is 10.1. The molecule has 2 rings (SSSR count). The fourth-order valence-electron chi connectivity index (χ4n) is 1.94. The van der Waals surface area contributed by atoms with Crippen molar-refractivity contribution in [2.45, 2.75) is 19.8 Å². The van der Waals surface area contributed by atoms with Gasteiger partial charge in [-0.3, -0.25) is 14.3 Å². The molecule has 0 aliphatic rings. The molecule has 19 heavy (non-hydrogen) atoms. The molecule has 0 spiro atoms. The van der Waals surface area contributed by atoms with E-state index in [1.54, 1.807) is 24.3 Å². The Kier molecular flexibility index (Phi) is 3.62. The van der Waals surface area contributed by atoms with Gasteiger partial charge in [-0.25, -0.2) is 4.79 Å². The molecule has 1 aromatic carbocycles. The molecule has 1 aromatic heterocycles. The van der Waals surface area contributed by atoms with E-state index in [-0.39, 0.29) is 5.56 Å². The second-order valence-electron chi connectivity index (χ2n) is 4.12. The van der Waals surface area contributed by atoms with E-state index in [0.717, 1.165) is 5.56 Å². The summed E-state index contributed by atoms with van der Waals surface area (Å²) < 4.78 is 1.47. The fraction of sp³-hybridized carbons (Fsp3) is 0.214. The highest BCUT2D eigenvalue weighted by molar-refractivity contribution is 5.37. The van der Waals surface area contributed by atoms with Gasteiger partial charge in [-0.2, -0.15) is 5.26 Å². The molecule has 2 aromatic rings. The first-order valence-corrected chi connectivity index (χ1v) is 5.97. The van der Waals surface area contributed by atoms with Gasteiger partial charge >= 0.3 is 5.69 Å². The highest BCUT2D eigenvalue weighted by Crippen LogP contribution is 2.10. The Hall–Kier alpha value is -2.61. The van der Waals surface area contributed by atoms with Crippen molar-refractivity contribution in [1.29, 1.82) is 5.26 Å². The largest absolute Gasteiger partial charge is 0.333 e. The van der Waals surface area contributed by atoms with Crippen LogP contribution in [-0.2, 0) is 12.8 Å². The zero-order valence-electron chi connectivity index (χ0n) is 10.5. The lowest BCUT2D eigenvalue weighted by Crippen LogP contribution is -2.30. The summed E-state index contributed by atoms with van der Waals surface area (Å²) in [6.07, 6.45) is 0.917. The predicted molar refractivity (Wildman–Crippen MR) is 71.4 cm³/mol. The number of nitrogens with zero attached hydrogens (tertiary/aromatic N) is 2. The van der Waals surface area contributed by atoms with Gasteiger partial charge in [0.15, 0.2) is 0 Å². The molecule has 0 amide bonds. The van der Waals surface area contributed by atoms with Gasteiger partial charge < -0.3 is 0 Å². The molecule has 1 N–H and O–H groups in total. The van der Waals surface area contributed by atoms with Crippen molar-refractivity contribution in [2.75, 3.05) is 0 Å². The van der Waals surface area contributed by atoms with Crippen molar-refractivity contribution in [1.82, 2.24) is 9.55 Å². The van der Waals surface area contributed by atoms with Gasteiger partial charge in [-0.05, 0) is 24.1 Å². The van der Waals surface area contributed by atoms with E-state index in [1.807, 2.05) is 6.92 Å². The average molecular weight is 255 g/mol. The SMILES string of the molecule is CCc1cc(=O)[nH]c(=O)n1-c1ccc(CC#N)cc1. The number of hydrogen-bond donors (Lipinski definition) is 1. The maximum absolute atomic E-state index is 11.9. The van der Waals surface area contributed by atoms with Crippen molar-refractivity contribution in [3.63, 3.8) is 0 Å². The van der Waals surface area contributed by atoms with Gasteiger partial charge in [0, 0.05) is 11.8 Å². The highest BCUT2D eigenvalue weighted by atomic mass is 16.2. The van der Waals surface area contributed by atoms with Crippen molar-refractivity contribution in [2.24, 2.45) is 0 Å². The first-order chi connectivity index (χ1) is 9.15. The van der Waals surface area contributed by atoms with E-state index in [9.17, 15) is 9.59 Å². The number of rotatable bonds is 3. The quantitative estimate of drug-likeness (QED) is 0.893. The van der Waals surface area contributed by atoms with Crippen molar-refractivity contribution >= 4 is 0 Å². The van der Waals surface area contributed by atoms with Gasteiger partial charge in [0.1, 0.15) is 0 Å². The van der Waals surface area contributed by atoms with E-state index in [0.29, 0.717) is 24.2 Å². The fourth-order valence-corrected chi connectivity index (χ4v) is 1.94. The van der Waals surface area contributed by atoms with Gasteiger partial charge in [0.05, 0.1) is 18.2 Å². The summed E-state index contributed by atoms with van der Waals surface area (Å²) in [4.78, 5) is 25.4. The number of nitrogens with one attached hydrogen (secondary N) is 1. The van der Waals surface area contributed by atoms with Crippen LogP contribution in [0.5, 0.6) is 0 Å². The summed E-state index contributed by atoms with van der Waals surface area (Å²) in [6.45, 7) is 1.88. The molecule has 0 bridgehead atoms. The summed E-state index contributed by atoms with van der Waals surface area (Å²) in [7, 11) is 0. The third-order valence-corrected chi connectivity index (χ3v) is 2.86. The van der Waals surface area contributed by atoms with Gasteiger partial charge in [0.25, 0.3) is 5.56 Å². The number of aryl methyl sites for hydroxylation is 1. The summed E-state index contributed by atoms with van der Waals surface area (Å²) in [6, 6.07) is 10.6. The topological polar surface area (TPSA) is 78.7 Å². The summed E-state index contributed by atoms with van der Waals surface area (Å²) >= 11 is 0. The second kappa shape index (κ2) is 5.36. The predicted octanol–water partition coefficient (Wildman–Crippen LogP) is 1.15. The number of aromatic nitrogens is 2. The van der Waals surface area contributed by atoms with E-state index >= 15 is 0 Å². The maximum atomic E-state index is 11.9. The Balaban J connectivity index is 2.56. The van der Waals surface area contributed by atoms with Crippen LogP contribution in [0.25, 0.3) is 5.69 Å². The minimum Gasteiger partial charge on any atom is -0.274 e. The van der Waals surface area contributed by atoms with Gasteiger partial charge in [0.2, 0.25) is 0 Å². The molecule has 1 heterocycles. The zero-order chi connectivity index (χ0) is 13.8. The summed E-state index contributed by atoms with van der Waals surface area (Å²) in [5.74, 6) is 0. The molecule has 0 atom stereocenters. The van der Waals surface area contributed by atoms with Crippen molar-refractivity contribution in [3.8, 4) is 11.8 Å². The van der Waals surface area contributed by atoms with E-state index in [4.69, 9.17) is 5.26 Å². The van der Waals surface area contributed by atoms with Gasteiger partial charge in [-0.1, -0.05) is 19.1 Å². The molecule has 0 unspecified atom stereocenters. The van der Waals surface area contributed by atoms with E-state index in [1.165, 1.54) is 10.6 Å². The summed E-state index contributed by atoms with van der Waals surface area (Å²) in [5, 5.41) is 8.62. The molecular formula is C14H13N3O2. The van der Waals surface area contributed by atoms with E-state index < -0.39 is 5.69 Å². The van der Waals surface area contributed by atoms with Crippen LogP contribution in [0.4, 0.5) is 0 Å². The number of benzene rings is 1. The molecule has 0 saturated heterocycles. The van der Waals surface area contributed by atoms with Crippen LogP contribution in [0.2, 0.25) is 0 Å². The van der Waals surface area contributed by atoms with Crippen molar-refractivity contribution < 1.29 is 0 Å². The monoisotopic (exact) mass is 255 g/mol. The van der Waals surface area contributed by atoms with Gasteiger partial charge in [-0.15, -0.1) is 0 Å². The Morgan fingerprint density at radius 1 is 1.26 bits per heavy atom. The lowest BCUT2D eigenvalue weighted by atomic mass is 10.1. The molecule has 0 aliphatic carbocycles. The molecular weight excluding hydrogens is 242 g/mol. The smallest absolute Gasteiger partial charge is 0.274 e. The Labute approximate surface area is 109 Å². The van der Waals surface area contributed by atoms with Crippen LogP contribution in [0.3, 0.4) is 0 Å². The number of H-pyrrole nitrogens is 1. The average Bonchev–Trinajstić information content (AvgIpc) is 2.39. The lowest BCUT2D eigenvalue weighted by molar-refractivity contribution is 0.818. The Morgan fingerprint density at radius 3 is 2.53 bits per heavy atom. The second-order valence-corrected chi connectivity index (χ2v) is 4.12. The maximum Gasteiger partial charge on any atom is 0.333 e. The number of nitriles is 1. The van der Waals surface area contributed by atoms with Crippen LogP contribution in [0, 0.1) is 11.3 Å². The van der Waals surface area contributed by atoms with Crippen LogP contribution in [-0.4, -0.2) is 9.55 Å². The molecule has 0 saturated carbocycles. The molecule has 0 fully saturated rings. The van der Waals surface area contributed by atoms with Crippen molar-refractivity contribution in [3.05, 3.63) is 62.4 Å². The van der Waals surface area contributed by atoms with Crippen LogP contribution in [0.15, 0.2) is 39.9 Å². The molecule has 5 heteroatoms. The first kappa shape index (κ1) is 12.8. The summed E-state index contributed by atoms with van der Waals surface area (Å²) in [5.41, 5.74) is 1.39. The highest BCUT2D eigenvalue weighted by Gasteiger charge is 2.06. The minimum absolute atomic E-state index is 0.335. The molecule has 0 aliphatic heterocycles. The number of hydrogen-bond acceptors (Lipinski definition) is 3. The van der Waals surface area contributed by atoms with E-state index in [2.05, 4.69) is 11.1 Å². The minimum atomic E-state index is -0.447. The standard InChI is InChI=1S/C14H13N3O2/c1-2-11-9-13(18)16-14(19)17(11)12-5-3-10(4-6-12)7-8-15/h3-6,9H,2,7H2,1H3,(H,16,18,19). The first-order valence-electron chi connectivity index (χ1n) is 5.97. The van der Waals surface area contributed by atoms with Crippen LogP contribution in [0.1, 0.15) is 18.2 Å². The third-order valence-electron chi connectivity index (χ3n) is 2.86. The lowest BCUT2D eigenvalue weighted by Gasteiger charge is -2.10.